The molecule has 1 aliphatic heterocycles. The van der Waals surface area contributed by atoms with Crippen LogP contribution in [0.15, 0.2) is 18.2 Å². The summed E-state index contributed by atoms with van der Waals surface area (Å²) in [4.78, 5) is 2.20. The van der Waals surface area contributed by atoms with Gasteiger partial charge in [-0.15, -0.1) is 0 Å². The van der Waals surface area contributed by atoms with Gasteiger partial charge in [0.05, 0.1) is 24.5 Å². The Labute approximate surface area is 95.4 Å². The molecule has 1 saturated heterocycles. The van der Waals surface area contributed by atoms with Gasteiger partial charge in [0.2, 0.25) is 0 Å². The molecule has 1 fully saturated rings. The minimum atomic E-state index is 0.716. The normalized spacial score (nSPS) is 15.6. The Morgan fingerprint density at radius 2 is 2.12 bits per heavy atom. The summed E-state index contributed by atoms with van der Waals surface area (Å²) in [5.41, 5.74) is 2.69. The largest absolute Gasteiger partial charge is 0.388 e. The Hall–Kier alpha value is -1.73. The number of benzene rings is 1. The van der Waals surface area contributed by atoms with Crippen LogP contribution in [0.4, 0.5) is 11.4 Å². The van der Waals surface area contributed by atoms with Crippen molar-refractivity contribution in [3.05, 3.63) is 23.8 Å². The summed E-state index contributed by atoms with van der Waals surface area (Å²) in [5.74, 6) is 0. The summed E-state index contributed by atoms with van der Waals surface area (Å²) in [6.07, 6.45) is 0. The summed E-state index contributed by atoms with van der Waals surface area (Å²) in [6.45, 7) is 3.18. The third-order valence-electron chi connectivity index (χ3n) is 2.76. The predicted octanol–water partition coefficient (Wildman–Crippen LogP) is 1.44. The molecular weight excluding hydrogens is 202 g/mol. The van der Waals surface area contributed by atoms with Crippen LogP contribution in [-0.4, -0.2) is 33.4 Å². The van der Waals surface area contributed by atoms with Gasteiger partial charge in [-0.25, -0.2) is 0 Å². The lowest BCUT2D eigenvalue weighted by atomic mass is 10.1. The van der Waals surface area contributed by atoms with Crippen molar-refractivity contribution in [1.82, 2.24) is 0 Å². The van der Waals surface area contributed by atoms with E-state index in [1.165, 1.54) is 0 Å². The summed E-state index contributed by atoms with van der Waals surface area (Å²) in [6, 6.07) is 8.11. The number of morpholine rings is 1. The van der Waals surface area contributed by atoms with Gasteiger partial charge in [0.15, 0.2) is 0 Å². The highest BCUT2D eigenvalue weighted by molar-refractivity contribution is 5.65. The number of nitriles is 1. The lowest BCUT2D eigenvalue weighted by Crippen LogP contribution is -2.36. The molecule has 0 radical (unpaired) electrons. The van der Waals surface area contributed by atoms with Crippen molar-refractivity contribution in [3.8, 4) is 6.07 Å². The molecule has 1 aromatic rings. The van der Waals surface area contributed by atoms with Crippen LogP contribution in [-0.2, 0) is 4.74 Å². The molecule has 2 rings (SSSR count). The van der Waals surface area contributed by atoms with E-state index >= 15 is 0 Å². The second kappa shape index (κ2) is 4.86. The van der Waals surface area contributed by atoms with Crippen LogP contribution in [0.2, 0.25) is 0 Å². The molecule has 0 spiro atoms. The molecule has 1 aliphatic rings. The molecule has 4 heteroatoms. The van der Waals surface area contributed by atoms with Gasteiger partial charge in [-0.05, 0) is 18.2 Å². The number of ether oxygens (including phenoxy) is 1. The zero-order valence-electron chi connectivity index (χ0n) is 9.36. The maximum atomic E-state index is 9.13. The van der Waals surface area contributed by atoms with Gasteiger partial charge in [-0.2, -0.15) is 5.26 Å². The molecule has 16 heavy (non-hydrogen) atoms. The lowest BCUT2D eigenvalue weighted by molar-refractivity contribution is 0.122. The quantitative estimate of drug-likeness (QED) is 0.814. The second-order valence-electron chi connectivity index (χ2n) is 3.69. The van der Waals surface area contributed by atoms with Crippen molar-refractivity contribution < 1.29 is 4.74 Å². The van der Waals surface area contributed by atoms with Crippen LogP contribution in [0.25, 0.3) is 0 Å². The van der Waals surface area contributed by atoms with Gasteiger partial charge >= 0.3 is 0 Å². The van der Waals surface area contributed by atoms with E-state index in [4.69, 9.17) is 10.00 Å². The highest BCUT2D eigenvalue weighted by Crippen LogP contribution is 2.24. The molecule has 4 nitrogen and oxygen atoms in total. The van der Waals surface area contributed by atoms with Gasteiger partial charge in [0.1, 0.15) is 6.07 Å². The Bertz CT molecular complexity index is 405. The fraction of sp³-hybridized carbons (Fsp3) is 0.417. The molecule has 0 atom stereocenters. The van der Waals surface area contributed by atoms with Crippen LogP contribution >= 0.6 is 0 Å². The van der Waals surface area contributed by atoms with E-state index in [2.05, 4.69) is 16.3 Å². The van der Waals surface area contributed by atoms with Crippen molar-refractivity contribution >= 4 is 11.4 Å². The van der Waals surface area contributed by atoms with E-state index in [0.717, 1.165) is 37.7 Å². The summed E-state index contributed by atoms with van der Waals surface area (Å²) in [5, 5.41) is 12.2. The molecule has 1 heterocycles. The molecule has 0 unspecified atom stereocenters. The predicted molar refractivity (Wildman–Crippen MR) is 63.7 cm³/mol. The molecule has 1 aromatic carbocycles. The SMILES string of the molecule is CNc1ccc(N2CCOCC2)c(C#N)c1. The van der Waals surface area contributed by atoms with Crippen molar-refractivity contribution in [1.29, 1.82) is 5.26 Å². The first kappa shape index (κ1) is 10.8. The summed E-state index contributed by atoms with van der Waals surface area (Å²) in [7, 11) is 1.85. The third kappa shape index (κ3) is 2.10. The van der Waals surface area contributed by atoms with Crippen molar-refractivity contribution in [3.63, 3.8) is 0 Å². The van der Waals surface area contributed by atoms with Crippen molar-refractivity contribution in [2.24, 2.45) is 0 Å². The van der Waals surface area contributed by atoms with Gasteiger partial charge < -0.3 is 15.0 Å². The van der Waals surface area contributed by atoms with Crippen LogP contribution in [0.3, 0.4) is 0 Å². The summed E-state index contributed by atoms with van der Waals surface area (Å²) >= 11 is 0. The Kier molecular flexibility index (Phi) is 3.28. The van der Waals surface area contributed by atoms with Gasteiger partial charge in [-0.3, -0.25) is 0 Å². The zero-order valence-corrected chi connectivity index (χ0v) is 9.36. The molecule has 0 amide bonds. The molecule has 84 valence electrons. The first-order valence-electron chi connectivity index (χ1n) is 5.40. The molecule has 0 saturated carbocycles. The Balaban J connectivity index is 2.29. The first-order valence-corrected chi connectivity index (χ1v) is 5.40. The molecule has 0 aliphatic carbocycles. The van der Waals surface area contributed by atoms with E-state index in [1.54, 1.807) is 0 Å². The number of rotatable bonds is 2. The lowest BCUT2D eigenvalue weighted by Gasteiger charge is -2.29. The first-order chi connectivity index (χ1) is 7.85. The van der Waals surface area contributed by atoms with Gasteiger partial charge in [-0.1, -0.05) is 0 Å². The van der Waals surface area contributed by atoms with Gasteiger partial charge in [0.25, 0.3) is 0 Å². The summed E-state index contributed by atoms with van der Waals surface area (Å²) < 4.78 is 5.30. The Morgan fingerprint density at radius 1 is 1.38 bits per heavy atom. The number of hydrogen-bond acceptors (Lipinski definition) is 4. The highest BCUT2D eigenvalue weighted by Gasteiger charge is 2.14. The van der Waals surface area contributed by atoms with E-state index < -0.39 is 0 Å². The van der Waals surface area contributed by atoms with Crippen LogP contribution < -0.4 is 10.2 Å². The van der Waals surface area contributed by atoms with Crippen molar-refractivity contribution in [2.45, 2.75) is 0 Å². The third-order valence-corrected chi connectivity index (χ3v) is 2.76. The molecule has 0 bridgehead atoms. The average molecular weight is 217 g/mol. The minimum Gasteiger partial charge on any atom is -0.388 e. The number of nitrogens with one attached hydrogen (secondary N) is 1. The van der Waals surface area contributed by atoms with Crippen LogP contribution in [0.1, 0.15) is 5.56 Å². The molecule has 1 N–H and O–H groups in total. The van der Waals surface area contributed by atoms with E-state index in [-0.39, 0.29) is 0 Å². The van der Waals surface area contributed by atoms with Crippen LogP contribution in [0.5, 0.6) is 0 Å². The molecular formula is C12H15N3O. The van der Waals surface area contributed by atoms with E-state index in [0.29, 0.717) is 5.56 Å². The highest BCUT2D eigenvalue weighted by atomic mass is 16.5. The fourth-order valence-corrected chi connectivity index (χ4v) is 1.86. The van der Waals surface area contributed by atoms with Crippen molar-refractivity contribution in [2.75, 3.05) is 43.6 Å². The van der Waals surface area contributed by atoms with Gasteiger partial charge in [0, 0.05) is 25.8 Å². The number of hydrogen-bond donors (Lipinski definition) is 1. The minimum absolute atomic E-state index is 0.716. The average Bonchev–Trinajstić information content (AvgIpc) is 2.39. The van der Waals surface area contributed by atoms with E-state index in [1.807, 2.05) is 25.2 Å². The second-order valence-corrected chi connectivity index (χ2v) is 3.69. The molecule has 0 aromatic heterocycles. The van der Waals surface area contributed by atoms with Crippen LogP contribution in [0, 0.1) is 11.3 Å². The standard InChI is InChI=1S/C12H15N3O/c1-14-11-2-3-12(10(8-11)9-13)15-4-6-16-7-5-15/h2-3,8,14H,4-7H2,1H3. The smallest absolute Gasteiger partial charge is 0.101 e. The number of anilines is 2. The van der Waals surface area contributed by atoms with E-state index in [9.17, 15) is 0 Å². The monoisotopic (exact) mass is 217 g/mol. The topological polar surface area (TPSA) is 48.3 Å². The fourth-order valence-electron chi connectivity index (χ4n) is 1.86. The zero-order chi connectivity index (χ0) is 11.4. The maximum Gasteiger partial charge on any atom is 0.101 e. The Morgan fingerprint density at radius 3 is 2.75 bits per heavy atom. The number of nitrogens with zero attached hydrogens (tertiary/aromatic N) is 2. The maximum absolute atomic E-state index is 9.13.